The van der Waals surface area contributed by atoms with Crippen molar-refractivity contribution in [1.82, 2.24) is 5.32 Å². The van der Waals surface area contributed by atoms with Gasteiger partial charge in [0.25, 0.3) is 0 Å². The average Bonchev–Trinajstić information content (AvgIpc) is 2.47. The molecule has 0 bridgehead atoms. The van der Waals surface area contributed by atoms with Gasteiger partial charge < -0.3 is 14.8 Å². The van der Waals surface area contributed by atoms with Gasteiger partial charge in [-0.05, 0) is 55.0 Å². The monoisotopic (exact) mass is 263 g/mol. The van der Waals surface area contributed by atoms with Gasteiger partial charge in [0.1, 0.15) is 0 Å². The van der Waals surface area contributed by atoms with E-state index in [4.69, 9.17) is 9.47 Å². The van der Waals surface area contributed by atoms with Crippen molar-refractivity contribution in [1.29, 1.82) is 0 Å². The van der Waals surface area contributed by atoms with Crippen molar-refractivity contribution < 1.29 is 9.47 Å². The fourth-order valence-electron chi connectivity index (χ4n) is 3.02. The molecule has 1 fully saturated rings. The second-order valence-corrected chi connectivity index (χ2v) is 5.82. The van der Waals surface area contributed by atoms with Crippen molar-refractivity contribution in [2.24, 2.45) is 5.92 Å². The summed E-state index contributed by atoms with van der Waals surface area (Å²) in [4.78, 5) is 0. The van der Waals surface area contributed by atoms with E-state index in [1.165, 1.54) is 18.4 Å². The lowest BCUT2D eigenvalue weighted by atomic mass is 9.69. The van der Waals surface area contributed by atoms with Crippen molar-refractivity contribution in [2.45, 2.75) is 32.1 Å². The molecule has 2 rings (SSSR count). The van der Waals surface area contributed by atoms with Crippen LogP contribution in [0.15, 0.2) is 18.2 Å². The molecule has 1 saturated heterocycles. The maximum absolute atomic E-state index is 5.42. The fraction of sp³-hybridized carbons (Fsp3) is 0.625. The molecular formula is C16H25NO2. The Labute approximate surface area is 116 Å². The maximum atomic E-state index is 5.42. The molecule has 0 atom stereocenters. The van der Waals surface area contributed by atoms with Crippen LogP contribution in [0.4, 0.5) is 0 Å². The lowest BCUT2D eigenvalue weighted by molar-refractivity contribution is 0.246. The van der Waals surface area contributed by atoms with E-state index < -0.39 is 0 Å². The first-order valence-corrected chi connectivity index (χ1v) is 7.03. The lowest BCUT2D eigenvalue weighted by Crippen LogP contribution is -2.38. The van der Waals surface area contributed by atoms with Crippen LogP contribution in [0.5, 0.6) is 11.5 Å². The minimum Gasteiger partial charge on any atom is -0.493 e. The fourth-order valence-corrected chi connectivity index (χ4v) is 3.02. The summed E-state index contributed by atoms with van der Waals surface area (Å²) in [6.07, 6.45) is 2.47. The predicted molar refractivity (Wildman–Crippen MR) is 78.2 cm³/mol. The van der Waals surface area contributed by atoms with Gasteiger partial charge in [0, 0.05) is 0 Å². The highest BCUT2D eigenvalue weighted by molar-refractivity contribution is 5.45. The van der Waals surface area contributed by atoms with Gasteiger partial charge in [-0.2, -0.15) is 0 Å². The van der Waals surface area contributed by atoms with Crippen LogP contribution in [-0.4, -0.2) is 27.3 Å². The van der Waals surface area contributed by atoms with Gasteiger partial charge in [-0.3, -0.25) is 0 Å². The van der Waals surface area contributed by atoms with Crippen LogP contribution in [0.3, 0.4) is 0 Å². The Morgan fingerprint density at radius 3 is 2.26 bits per heavy atom. The van der Waals surface area contributed by atoms with Crippen LogP contribution >= 0.6 is 0 Å². The zero-order chi connectivity index (χ0) is 13.9. The molecule has 1 heterocycles. The van der Waals surface area contributed by atoms with Gasteiger partial charge in [0.2, 0.25) is 0 Å². The molecule has 0 amide bonds. The van der Waals surface area contributed by atoms with Gasteiger partial charge in [-0.15, -0.1) is 0 Å². The number of rotatable bonds is 4. The van der Waals surface area contributed by atoms with Crippen LogP contribution in [0.25, 0.3) is 0 Å². The highest BCUT2D eigenvalue weighted by Gasteiger charge is 2.32. The summed E-state index contributed by atoms with van der Waals surface area (Å²) < 4.78 is 10.7. The maximum Gasteiger partial charge on any atom is 0.161 e. The van der Waals surface area contributed by atoms with Crippen LogP contribution in [0.1, 0.15) is 32.3 Å². The Morgan fingerprint density at radius 2 is 1.68 bits per heavy atom. The minimum atomic E-state index is 0.168. The van der Waals surface area contributed by atoms with E-state index >= 15 is 0 Å². The Hall–Kier alpha value is -1.22. The third-order valence-corrected chi connectivity index (χ3v) is 4.49. The molecule has 1 aliphatic heterocycles. The van der Waals surface area contributed by atoms with Crippen molar-refractivity contribution in [3.63, 3.8) is 0 Å². The largest absolute Gasteiger partial charge is 0.493 e. The third kappa shape index (κ3) is 2.86. The Bertz CT molecular complexity index is 423. The van der Waals surface area contributed by atoms with E-state index in [0.717, 1.165) is 24.6 Å². The van der Waals surface area contributed by atoms with Crippen LogP contribution in [-0.2, 0) is 5.41 Å². The number of methoxy groups -OCH3 is 2. The molecule has 3 heteroatoms. The molecule has 1 aromatic rings. The highest BCUT2D eigenvalue weighted by atomic mass is 16.5. The van der Waals surface area contributed by atoms with Crippen molar-refractivity contribution in [3.05, 3.63) is 23.8 Å². The number of hydrogen-bond donors (Lipinski definition) is 1. The average molecular weight is 263 g/mol. The smallest absolute Gasteiger partial charge is 0.161 e. The standard InChI is InChI=1S/C16H25NO2/c1-16(2,12-7-9-17-10-8-12)13-5-6-14(18-3)15(11-13)19-4/h5-6,11-12,17H,7-10H2,1-4H3. The Kier molecular flexibility index (Phi) is 4.35. The molecule has 0 radical (unpaired) electrons. The molecule has 19 heavy (non-hydrogen) atoms. The molecule has 0 saturated carbocycles. The second kappa shape index (κ2) is 5.83. The van der Waals surface area contributed by atoms with E-state index in [1.807, 2.05) is 6.07 Å². The van der Waals surface area contributed by atoms with Crippen LogP contribution in [0, 0.1) is 5.92 Å². The van der Waals surface area contributed by atoms with E-state index in [2.05, 4.69) is 31.3 Å². The molecule has 0 aliphatic carbocycles. The second-order valence-electron chi connectivity index (χ2n) is 5.82. The predicted octanol–water partition coefficient (Wildman–Crippen LogP) is 2.98. The number of nitrogens with one attached hydrogen (secondary N) is 1. The quantitative estimate of drug-likeness (QED) is 0.906. The van der Waals surface area contributed by atoms with Crippen molar-refractivity contribution in [2.75, 3.05) is 27.3 Å². The molecule has 0 unspecified atom stereocenters. The van der Waals surface area contributed by atoms with E-state index in [-0.39, 0.29) is 5.41 Å². The summed E-state index contributed by atoms with van der Waals surface area (Å²) in [6, 6.07) is 6.31. The number of ether oxygens (including phenoxy) is 2. The van der Waals surface area contributed by atoms with Gasteiger partial charge in [-0.1, -0.05) is 19.9 Å². The molecule has 0 aromatic heterocycles. The zero-order valence-corrected chi connectivity index (χ0v) is 12.5. The molecular weight excluding hydrogens is 238 g/mol. The summed E-state index contributed by atoms with van der Waals surface area (Å²) >= 11 is 0. The van der Waals surface area contributed by atoms with Gasteiger partial charge >= 0.3 is 0 Å². The van der Waals surface area contributed by atoms with E-state index in [0.29, 0.717) is 5.92 Å². The summed E-state index contributed by atoms with van der Waals surface area (Å²) in [6.45, 7) is 6.93. The molecule has 106 valence electrons. The van der Waals surface area contributed by atoms with Crippen LogP contribution in [0.2, 0.25) is 0 Å². The highest BCUT2D eigenvalue weighted by Crippen LogP contribution is 2.40. The summed E-state index contributed by atoms with van der Waals surface area (Å²) in [5.74, 6) is 2.33. The molecule has 1 N–H and O–H groups in total. The van der Waals surface area contributed by atoms with Crippen LogP contribution < -0.4 is 14.8 Å². The zero-order valence-electron chi connectivity index (χ0n) is 12.5. The minimum absolute atomic E-state index is 0.168. The number of piperidine rings is 1. The molecule has 1 aromatic carbocycles. The molecule has 0 spiro atoms. The first-order chi connectivity index (χ1) is 9.09. The topological polar surface area (TPSA) is 30.5 Å². The van der Waals surface area contributed by atoms with E-state index in [1.54, 1.807) is 14.2 Å². The van der Waals surface area contributed by atoms with Crippen molar-refractivity contribution in [3.8, 4) is 11.5 Å². The van der Waals surface area contributed by atoms with Gasteiger partial charge in [0.05, 0.1) is 14.2 Å². The number of hydrogen-bond acceptors (Lipinski definition) is 3. The first kappa shape index (κ1) is 14.2. The SMILES string of the molecule is COc1ccc(C(C)(C)C2CCNCC2)cc1OC. The Balaban J connectivity index is 2.28. The van der Waals surface area contributed by atoms with Crippen molar-refractivity contribution >= 4 is 0 Å². The lowest BCUT2D eigenvalue weighted by Gasteiger charge is -2.38. The molecule has 1 aliphatic rings. The summed E-state index contributed by atoms with van der Waals surface area (Å²) in [5, 5.41) is 3.43. The normalized spacial score (nSPS) is 17.3. The summed E-state index contributed by atoms with van der Waals surface area (Å²) in [7, 11) is 3.37. The van der Waals surface area contributed by atoms with Gasteiger partial charge in [-0.25, -0.2) is 0 Å². The first-order valence-electron chi connectivity index (χ1n) is 7.03. The number of benzene rings is 1. The Morgan fingerprint density at radius 1 is 1.05 bits per heavy atom. The summed E-state index contributed by atoms with van der Waals surface area (Å²) in [5.41, 5.74) is 1.50. The molecule has 3 nitrogen and oxygen atoms in total. The van der Waals surface area contributed by atoms with Gasteiger partial charge in [0.15, 0.2) is 11.5 Å². The third-order valence-electron chi connectivity index (χ3n) is 4.49. The van der Waals surface area contributed by atoms with E-state index in [9.17, 15) is 0 Å².